The summed E-state index contributed by atoms with van der Waals surface area (Å²) in [5.74, 6) is -0.445. The summed E-state index contributed by atoms with van der Waals surface area (Å²) in [6.07, 6.45) is 2.10. The fraction of sp³-hybridized carbons (Fsp3) is 0.480. The van der Waals surface area contributed by atoms with Gasteiger partial charge in [0.25, 0.3) is 5.91 Å². The van der Waals surface area contributed by atoms with E-state index in [-0.39, 0.29) is 16.6 Å². The van der Waals surface area contributed by atoms with Crippen molar-refractivity contribution in [2.45, 2.75) is 31.6 Å². The number of benzene rings is 2. The van der Waals surface area contributed by atoms with Crippen LogP contribution in [0.1, 0.15) is 37.0 Å². The predicted molar refractivity (Wildman–Crippen MR) is 133 cm³/mol. The molecule has 2 aliphatic rings. The first kappa shape index (κ1) is 24.5. The number of piperazine rings is 1. The van der Waals surface area contributed by atoms with Crippen LogP contribution in [-0.2, 0) is 10.0 Å². The van der Waals surface area contributed by atoms with Gasteiger partial charge in [-0.3, -0.25) is 4.79 Å². The number of nitrogens with zero attached hydrogens (tertiary/aromatic N) is 4. The summed E-state index contributed by atoms with van der Waals surface area (Å²) in [5.41, 5.74) is 1.76. The molecule has 34 heavy (non-hydrogen) atoms. The van der Waals surface area contributed by atoms with Crippen LogP contribution in [-0.4, -0.2) is 75.9 Å². The third-order valence-corrected chi connectivity index (χ3v) is 8.79. The quantitative estimate of drug-likeness (QED) is 0.598. The highest BCUT2D eigenvalue weighted by Gasteiger charge is 2.30. The molecule has 2 heterocycles. The van der Waals surface area contributed by atoms with Crippen LogP contribution in [0.15, 0.2) is 47.4 Å². The van der Waals surface area contributed by atoms with Gasteiger partial charge in [0.15, 0.2) is 0 Å². The van der Waals surface area contributed by atoms with Gasteiger partial charge in [0.2, 0.25) is 10.0 Å². The third-order valence-electron chi connectivity index (χ3n) is 6.75. The largest absolute Gasteiger partial charge is 0.371 e. The summed E-state index contributed by atoms with van der Waals surface area (Å²) in [6, 6.07) is 11.6. The second-order valence-electron chi connectivity index (χ2n) is 8.69. The van der Waals surface area contributed by atoms with E-state index in [0.717, 1.165) is 31.6 Å². The Balaban J connectivity index is 1.61. The first-order valence-electron chi connectivity index (χ1n) is 12.0. The van der Waals surface area contributed by atoms with Crippen molar-refractivity contribution in [2.24, 2.45) is 0 Å². The minimum Gasteiger partial charge on any atom is -0.371 e. The van der Waals surface area contributed by atoms with Gasteiger partial charge < -0.3 is 14.7 Å². The van der Waals surface area contributed by atoms with Gasteiger partial charge >= 0.3 is 0 Å². The Hall–Kier alpha value is -2.65. The zero-order valence-corrected chi connectivity index (χ0v) is 20.7. The molecule has 0 radical (unpaired) electrons. The van der Waals surface area contributed by atoms with Gasteiger partial charge in [-0.15, -0.1) is 0 Å². The monoisotopic (exact) mass is 488 g/mol. The summed E-state index contributed by atoms with van der Waals surface area (Å²) in [6.45, 7) is 7.97. The van der Waals surface area contributed by atoms with E-state index in [4.69, 9.17) is 0 Å². The maximum atomic E-state index is 14.2. The minimum absolute atomic E-state index is 0.146. The number of hydrogen-bond acceptors (Lipinski definition) is 5. The normalized spacial score (nSPS) is 17.0. The molecule has 0 spiro atoms. The van der Waals surface area contributed by atoms with Crippen molar-refractivity contribution in [1.82, 2.24) is 9.21 Å². The van der Waals surface area contributed by atoms with Crippen LogP contribution in [0.25, 0.3) is 0 Å². The lowest BCUT2D eigenvalue weighted by Crippen LogP contribution is -2.49. The van der Waals surface area contributed by atoms with Crippen molar-refractivity contribution in [3.63, 3.8) is 0 Å². The molecule has 2 aliphatic heterocycles. The van der Waals surface area contributed by atoms with Crippen LogP contribution in [0.2, 0.25) is 0 Å². The number of rotatable bonds is 7. The third kappa shape index (κ3) is 4.77. The molecule has 7 nitrogen and oxygen atoms in total. The number of sulfonamides is 1. The number of anilines is 2. The van der Waals surface area contributed by atoms with Crippen molar-refractivity contribution in [3.8, 4) is 0 Å². The molecule has 0 unspecified atom stereocenters. The summed E-state index contributed by atoms with van der Waals surface area (Å²) in [7, 11) is -3.68. The van der Waals surface area contributed by atoms with Crippen LogP contribution < -0.4 is 9.80 Å². The van der Waals surface area contributed by atoms with E-state index in [9.17, 15) is 17.6 Å². The summed E-state index contributed by atoms with van der Waals surface area (Å²) < 4.78 is 41.9. The molecule has 0 aromatic heterocycles. The lowest BCUT2D eigenvalue weighted by atomic mass is 10.1. The van der Waals surface area contributed by atoms with Crippen molar-refractivity contribution in [2.75, 3.05) is 62.2 Å². The highest BCUT2D eigenvalue weighted by atomic mass is 32.2. The molecular weight excluding hydrogens is 455 g/mol. The smallest absolute Gasteiger partial charge is 0.256 e. The molecule has 2 saturated heterocycles. The number of para-hydroxylation sites is 1. The highest BCUT2D eigenvalue weighted by Crippen LogP contribution is 2.30. The van der Waals surface area contributed by atoms with E-state index in [2.05, 4.69) is 4.90 Å². The predicted octanol–water partition coefficient (Wildman–Crippen LogP) is 3.42. The lowest BCUT2D eigenvalue weighted by molar-refractivity contribution is 0.0747. The molecule has 9 heteroatoms. The van der Waals surface area contributed by atoms with E-state index in [1.807, 2.05) is 4.90 Å². The number of carbonyl (C=O) groups excluding carboxylic acids is 1. The molecule has 4 rings (SSSR count). The van der Waals surface area contributed by atoms with E-state index >= 15 is 0 Å². The summed E-state index contributed by atoms with van der Waals surface area (Å²) in [4.78, 5) is 19.7. The van der Waals surface area contributed by atoms with Crippen molar-refractivity contribution in [3.05, 3.63) is 53.8 Å². The number of hydrogen-bond donors (Lipinski definition) is 0. The molecule has 184 valence electrons. The Morgan fingerprint density at radius 1 is 0.882 bits per heavy atom. The van der Waals surface area contributed by atoms with Gasteiger partial charge in [0, 0.05) is 58.0 Å². The zero-order valence-electron chi connectivity index (χ0n) is 19.9. The van der Waals surface area contributed by atoms with Crippen LogP contribution in [0, 0.1) is 5.82 Å². The first-order chi connectivity index (χ1) is 16.4. The average molecular weight is 489 g/mol. The van der Waals surface area contributed by atoms with Crippen LogP contribution in [0.3, 0.4) is 0 Å². The maximum absolute atomic E-state index is 14.2. The van der Waals surface area contributed by atoms with E-state index in [1.165, 1.54) is 10.4 Å². The fourth-order valence-corrected chi connectivity index (χ4v) is 6.31. The number of amides is 1. The second kappa shape index (κ2) is 10.3. The summed E-state index contributed by atoms with van der Waals surface area (Å²) >= 11 is 0. The van der Waals surface area contributed by atoms with Gasteiger partial charge in [-0.1, -0.05) is 26.0 Å². The molecule has 0 atom stereocenters. The van der Waals surface area contributed by atoms with Crippen molar-refractivity contribution < 1.29 is 17.6 Å². The molecule has 2 fully saturated rings. The Kier molecular flexibility index (Phi) is 7.42. The van der Waals surface area contributed by atoms with Gasteiger partial charge in [-0.25, -0.2) is 12.8 Å². The molecule has 0 N–H and O–H groups in total. The van der Waals surface area contributed by atoms with Gasteiger partial charge in [-0.05, 0) is 43.2 Å². The SMILES string of the molecule is CCN(CC)S(=O)(=O)c1ccc(N2CCCC2)c(C(=O)N2CCN(c3ccccc3F)CC2)c1. The zero-order chi connectivity index (χ0) is 24.3. The highest BCUT2D eigenvalue weighted by molar-refractivity contribution is 7.89. The maximum Gasteiger partial charge on any atom is 0.256 e. The summed E-state index contributed by atoms with van der Waals surface area (Å²) in [5, 5.41) is 0. The Bertz CT molecular complexity index is 1120. The topological polar surface area (TPSA) is 64.2 Å². The second-order valence-corrected chi connectivity index (χ2v) is 10.6. The van der Waals surface area contributed by atoms with Crippen LogP contribution in [0.5, 0.6) is 0 Å². The van der Waals surface area contributed by atoms with Crippen molar-refractivity contribution >= 4 is 27.3 Å². The minimum atomic E-state index is -3.68. The first-order valence-corrected chi connectivity index (χ1v) is 13.5. The Labute approximate surface area is 201 Å². The fourth-order valence-electron chi connectivity index (χ4n) is 4.82. The Morgan fingerprint density at radius 2 is 1.50 bits per heavy atom. The van der Waals surface area contributed by atoms with Crippen LogP contribution >= 0.6 is 0 Å². The van der Waals surface area contributed by atoms with Crippen LogP contribution in [0.4, 0.5) is 15.8 Å². The molecule has 0 aliphatic carbocycles. The van der Waals surface area contributed by atoms with Gasteiger partial charge in [0.05, 0.1) is 16.1 Å². The molecule has 0 saturated carbocycles. The molecular formula is C25H33FN4O3S. The molecule has 0 bridgehead atoms. The van der Waals surface area contributed by atoms with E-state index in [0.29, 0.717) is 50.5 Å². The lowest BCUT2D eigenvalue weighted by Gasteiger charge is -2.37. The van der Waals surface area contributed by atoms with Gasteiger partial charge in [-0.2, -0.15) is 4.31 Å². The number of carbonyl (C=O) groups is 1. The molecule has 2 aromatic rings. The Morgan fingerprint density at radius 3 is 2.12 bits per heavy atom. The standard InChI is InChI=1S/C25H33FN4O3S/c1-3-30(4-2)34(32,33)20-11-12-23(27-13-7-8-14-27)21(19-20)25(31)29-17-15-28(16-18-29)24-10-6-5-9-22(24)26/h5-6,9-12,19H,3-4,7-8,13-18H2,1-2H3. The van der Waals surface area contributed by atoms with Gasteiger partial charge in [0.1, 0.15) is 5.82 Å². The number of halogens is 1. The van der Waals surface area contributed by atoms with E-state index < -0.39 is 10.0 Å². The van der Waals surface area contributed by atoms with Crippen molar-refractivity contribution in [1.29, 1.82) is 0 Å². The van der Waals surface area contributed by atoms with E-state index in [1.54, 1.807) is 55.1 Å². The molecule has 1 amide bonds. The molecule has 2 aromatic carbocycles. The average Bonchev–Trinajstić information content (AvgIpc) is 3.39.